The predicted molar refractivity (Wildman–Crippen MR) is 151 cm³/mol. The number of fused-ring (bicyclic) bond motifs is 4. The van der Waals surface area contributed by atoms with Crippen LogP contribution < -0.4 is 0 Å². The molecule has 4 aliphatic rings. The SMILES string of the molecule is CC(C)[C@@H](O)C(=O)N(C)[C@H]1CCC2=CC3=CC[C@]4(C)[C@@H]([C@H](C)N(C)C)CC[C@@]4(C)[C@@H]3CC[C@H]2[C@]1(C)CO. The molecular weight excluding hydrogens is 460 g/mol. The van der Waals surface area contributed by atoms with E-state index in [0.29, 0.717) is 23.3 Å². The molecule has 0 radical (unpaired) electrons. The zero-order valence-corrected chi connectivity index (χ0v) is 25.1. The molecule has 4 rings (SSSR count). The molecule has 2 fully saturated rings. The van der Waals surface area contributed by atoms with Gasteiger partial charge in [-0.1, -0.05) is 52.3 Å². The first kappa shape index (κ1) is 28.8. The topological polar surface area (TPSA) is 64.0 Å². The van der Waals surface area contributed by atoms with Gasteiger partial charge in [0.05, 0.1) is 6.61 Å². The lowest BCUT2D eigenvalue weighted by molar-refractivity contribution is -0.149. The van der Waals surface area contributed by atoms with Crippen molar-refractivity contribution in [2.24, 2.45) is 39.9 Å². The van der Waals surface area contributed by atoms with E-state index in [0.717, 1.165) is 32.1 Å². The molecule has 5 nitrogen and oxygen atoms in total. The van der Waals surface area contributed by atoms with Crippen molar-refractivity contribution in [1.29, 1.82) is 0 Å². The zero-order chi connectivity index (χ0) is 27.5. The number of likely N-dealkylation sites (N-methyl/N-ethyl adjacent to an activating group) is 1. The molecule has 4 aliphatic carbocycles. The molecule has 0 unspecified atom stereocenters. The molecule has 1 amide bonds. The lowest BCUT2D eigenvalue weighted by Gasteiger charge is -2.54. The van der Waals surface area contributed by atoms with E-state index in [4.69, 9.17) is 0 Å². The number of aliphatic hydroxyl groups is 2. The van der Waals surface area contributed by atoms with Gasteiger partial charge in [-0.15, -0.1) is 0 Å². The molecule has 2 N–H and O–H groups in total. The lowest BCUT2D eigenvalue weighted by Crippen LogP contribution is -2.57. The molecule has 0 aromatic carbocycles. The summed E-state index contributed by atoms with van der Waals surface area (Å²) in [6.45, 7) is 13.5. The van der Waals surface area contributed by atoms with Crippen molar-refractivity contribution < 1.29 is 15.0 Å². The summed E-state index contributed by atoms with van der Waals surface area (Å²) in [7, 11) is 6.28. The van der Waals surface area contributed by atoms with E-state index in [9.17, 15) is 15.0 Å². The molecule has 2 saturated carbocycles. The van der Waals surface area contributed by atoms with Crippen LogP contribution in [0.2, 0.25) is 0 Å². The van der Waals surface area contributed by atoms with Crippen molar-refractivity contribution in [1.82, 2.24) is 9.80 Å². The summed E-state index contributed by atoms with van der Waals surface area (Å²) in [6.07, 6.45) is 11.8. The molecule has 37 heavy (non-hydrogen) atoms. The number of hydrogen-bond donors (Lipinski definition) is 2. The quantitative estimate of drug-likeness (QED) is 0.506. The standard InChI is InChI=1S/C32H54N2O3/c1-20(2)28(36)29(37)34(9)27-13-10-22-18-23-14-16-31(5)24(21(3)33(7)8)15-17-32(31,6)26(23)12-11-25(22)30(27,4)19-35/h14,18,20-21,24-28,35-36H,10-13,15-17,19H2,1-9H3/t21-,24+,25+,26+,27-,28+,30-,31+,32-/m0/s1. The van der Waals surface area contributed by atoms with E-state index in [-0.39, 0.29) is 35.8 Å². The van der Waals surface area contributed by atoms with E-state index in [2.05, 4.69) is 58.8 Å². The second-order valence-electron chi connectivity index (χ2n) is 14.4. The fourth-order valence-corrected chi connectivity index (χ4v) is 9.26. The largest absolute Gasteiger partial charge is 0.396 e. The van der Waals surface area contributed by atoms with Gasteiger partial charge in [0, 0.05) is 24.5 Å². The first-order chi connectivity index (χ1) is 17.2. The van der Waals surface area contributed by atoms with Gasteiger partial charge in [-0.3, -0.25) is 4.79 Å². The van der Waals surface area contributed by atoms with Gasteiger partial charge in [-0.05, 0) is 106 Å². The van der Waals surface area contributed by atoms with Crippen LogP contribution in [0.25, 0.3) is 0 Å². The van der Waals surface area contributed by atoms with E-state index in [1.54, 1.807) is 4.90 Å². The zero-order valence-electron chi connectivity index (χ0n) is 25.1. The van der Waals surface area contributed by atoms with Crippen LogP contribution in [0.4, 0.5) is 0 Å². The van der Waals surface area contributed by atoms with Gasteiger partial charge in [0.2, 0.25) is 0 Å². The van der Waals surface area contributed by atoms with Crippen LogP contribution in [0.5, 0.6) is 0 Å². The van der Waals surface area contributed by atoms with Crippen LogP contribution in [0.3, 0.4) is 0 Å². The van der Waals surface area contributed by atoms with Crippen LogP contribution in [0.1, 0.15) is 86.5 Å². The van der Waals surface area contributed by atoms with Gasteiger partial charge in [0.1, 0.15) is 6.10 Å². The summed E-state index contributed by atoms with van der Waals surface area (Å²) in [6, 6.07) is 0.494. The Morgan fingerprint density at radius 3 is 2.27 bits per heavy atom. The van der Waals surface area contributed by atoms with E-state index in [1.165, 1.54) is 24.0 Å². The smallest absolute Gasteiger partial charge is 0.251 e. The third-order valence-corrected chi connectivity index (χ3v) is 12.3. The third-order valence-electron chi connectivity index (χ3n) is 12.3. The highest BCUT2D eigenvalue weighted by Gasteiger charge is 2.61. The first-order valence-electron chi connectivity index (χ1n) is 14.9. The minimum atomic E-state index is -0.996. The summed E-state index contributed by atoms with van der Waals surface area (Å²) in [4.78, 5) is 17.3. The number of rotatable bonds is 6. The second kappa shape index (κ2) is 10.1. The summed E-state index contributed by atoms with van der Waals surface area (Å²) in [5.41, 5.74) is 3.16. The van der Waals surface area contributed by atoms with E-state index in [1.807, 2.05) is 20.9 Å². The summed E-state index contributed by atoms with van der Waals surface area (Å²) in [5.74, 6) is 1.16. The van der Waals surface area contributed by atoms with Crippen LogP contribution in [0.15, 0.2) is 23.3 Å². The average molecular weight is 515 g/mol. The van der Waals surface area contributed by atoms with Crippen molar-refractivity contribution in [3.63, 3.8) is 0 Å². The number of amides is 1. The molecule has 0 aliphatic heterocycles. The van der Waals surface area contributed by atoms with Gasteiger partial charge >= 0.3 is 0 Å². The van der Waals surface area contributed by atoms with Gasteiger partial charge in [-0.2, -0.15) is 0 Å². The Labute approximate surface area is 226 Å². The number of aliphatic hydroxyl groups excluding tert-OH is 2. The normalized spacial score (nSPS) is 41.2. The average Bonchev–Trinajstić information content (AvgIpc) is 3.00. The van der Waals surface area contributed by atoms with Crippen LogP contribution in [-0.4, -0.2) is 71.9 Å². The molecule has 0 spiro atoms. The Hall–Kier alpha value is -1.17. The Morgan fingerprint density at radius 2 is 1.68 bits per heavy atom. The first-order valence-corrected chi connectivity index (χ1v) is 14.9. The van der Waals surface area contributed by atoms with E-state index >= 15 is 0 Å². The maximum absolute atomic E-state index is 13.1. The fraction of sp³-hybridized carbons (Fsp3) is 0.844. The van der Waals surface area contributed by atoms with Gasteiger partial charge in [0.15, 0.2) is 0 Å². The van der Waals surface area contributed by atoms with Crippen molar-refractivity contribution in [2.45, 2.75) is 105 Å². The predicted octanol–water partition coefficient (Wildman–Crippen LogP) is 5.28. The highest BCUT2D eigenvalue weighted by atomic mass is 16.3. The minimum Gasteiger partial charge on any atom is -0.396 e. The van der Waals surface area contributed by atoms with Gasteiger partial charge in [-0.25, -0.2) is 0 Å². The second-order valence-corrected chi connectivity index (χ2v) is 14.4. The Kier molecular flexibility index (Phi) is 7.87. The monoisotopic (exact) mass is 514 g/mol. The molecular formula is C32H54N2O3. The fourth-order valence-electron chi connectivity index (χ4n) is 9.26. The minimum absolute atomic E-state index is 0.0518. The van der Waals surface area contributed by atoms with Gasteiger partial charge in [0.25, 0.3) is 5.91 Å². The van der Waals surface area contributed by atoms with Crippen LogP contribution >= 0.6 is 0 Å². The van der Waals surface area contributed by atoms with Crippen molar-refractivity contribution in [2.75, 3.05) is 27.7 Å². The number of allylic oxidation sites excluding steroid dienone is 4. The lowest BCUT2D eigenvalue weighted by atomic mass is 9.51. The van der Waals surface area contributed by atoms with Crippen molar-refractivity contribution in [3.8, 4) is 0 Å². The van der Waals surface area contributed by atoms with Crippen molar-refractivity contribution in [3.05, 3.63) is 23.3 Å². The van der Waals surface area contributed by atoms with Crippen molar-refractivity contribution >= 4 is 5.91 Å². The molecule has 0 aromatic rings. The van der Waals surface area contributed by atoms with Crippen LogP contribution in [-0.2, 0) is 4.79 Å². The molecule has 210 valence electrons. The number of hydrogen-bond acceptors (Lipinski definition) is 4. The Bertz CT molecular complexity index is 940. The summed E-state index contributed by atoms with van der Waals surface area (Å²) < 4.78 is 0. The summed E-state index contributed by atoms with van der Waals surface area (Å²) >= 11 is 0. The highest BCUT2D eigenvalue weighted by Crippen LogP contribution is 2.68. The van der Waals surface area contributed by atoms with Crippen LogP contribution in [0, 0.1) is 39.9 Å². The highest BCUT2D eigenvalue weighted by molar-refractivity contribution is 5.81. The number of nitrogens with zero attached hydrogens (tertiary/aromatic N) is 2. The molecule has 5 heteroatoms. The van der Waals surface area contributed by atoms with Gasteiger partial charge < -0.3 is 20.0 Å². The molecule has 0 aromatic heterocycles. The maximum atomic E-state index is 13.1. The third kappa shape index (κ3) is 4.36. The number of carbonyl (C=O) groups is 1. The summed E-state index contributed by atoms with van der Waals surface area (Å²) in [5, 5.41) is 21.3. The molecule has 0 heterocycles. The molecule has 9 atom stereocenters. The maximum Gasteiger partial charge on any atom is 0.251 e. The number of carbonyl (C=O) groups excluding carboxylic acids is 1. The Morgan fingerprint density at radius 1 is 1.03 bits per heavy atom. The molecule has 0 saturated heterocycles. The molecule has 0 bridgehead atoms. The van der Waals surface area contributed by atoms with E-state index < -0.39 is 11.5 Å². The Balaban J connectivity index is 1.64.